The van der Waals surface area contributed by atoms with Crippen molar-refractivity contribution < 1.29 is 29.7 Å². The zero-order valence-corrected chi connectivity index (χ0v) is 16.7. The Bertz CT molecular complexity index is 891. The second kappa shape index (κ2) is 6.75. The van der Waals surface area contributed by atoms with Crippen LogP contribution < -0.4 is 4.90 Å². The third-order valence-electron chi connectivity index (χ3n) is 5.43. The molecule has 1 aromatic heterocycles. The molecule has 3 aliphatic rings. The lowest BCUT2D eigenvalue weighted by atomic mass is 9.79. The minimum atomic E-state index is -1.13. The monoisotopic (exact) mass is 425 g/mol. The molecule has 3 aliphatic heterocycles. The van der Waals surface area contributed by atoms with Crippen LogP contribution in [0.2, 0.25) is 0 Å². The molecule has 0 saturated carbocycles. The van der Waals surface area contributed by atoms with Crippen molar-refractivity contribution in [1.29, 1.82) is 0 Å². The van der Waals surface area contributed by atoms with Gasteiger partial charge in [-0.2, -0.15) is 0 Å². The standard InChI is InChI=1S/C17H19N3O6S2/c1-6-11-10(7(2)21)14(22)20(11)12(16(25)26)13(6)28-8-3-19(4-8)17-18-9(5-27-17)15(23)24/h5-8,10-11,21H,3-4H2,1-2H3,(H,23,24)(H,25,26)/t6-,7?,10?,11?/m1/s1. The quantitative estimate of drug-likeness (QED) is 0.569. The molecule has 3 unspecified atom stereocenters. The lowest BCUT2D eigenvalue weighted by Gasteiger charge is -2.46. The first-order chi connectivity index (χ1) is 13.2. The van der Waals surface area contributed by atoms with E-state index in [-0.39, 0.29) is 34.5 Å². The first-order valence-electron chi connectivity index (χ1n) is 8.79. The van der Waals surface area contributed by atoms with Gasteiger partial charge in [-0.05, 0) is 6.92 Å². The SMILES string of the molecule is CC(O)C1C(=O)N2C(C(=O)O)=C(SC3CN(c4nc(C(=O)O)cs4)C3)[C@H](C)C12. The normalized spacial score (nSPS) is 28.1. The van der Waals surface area contributed by atoms with Crippen molar-refractivity contribution >= 4 is 46.1 Å². The Morgan fingerprint density at radius 2 is 2.00 bits per heavy atom. The molecule has 150 valence electrons. The second-order valence-corrected chi connectivity index (χ2v) is 9.42. The molecule has 1 aromatic rings. The summed E-state index contributed by atoms with van der Waals surface area (Å²) in [5.74, 6) is -3.24. The van der Waals surface area contributed by atoms with Crippen LogP contribution in [-0.2, 0) is 9.59 Å². The van der Waals surface area contributed by atoms with Crippen LogP contribution in [0.5, 0.6) is 0 Å². The van der Waals surface area contributed by atoms with Crippen LogP contribution in [-0.4, -0.2) is 73.5 Å². The Kier molecular flexibility index (Phi) is 4.63. The molecule has 3 N–H and O–H groups in total. The number of hydrogen-bond acceptors (Lipinski definition) is 8. The molecule has 1 amide bonds. The second-order valence-electron chi connectivity index (χ2n) is 7.24. The molecule has 4 rings (SSSR count). The molecule has 0 spiro atoms. The predicted molar refractivity (Wildman–Crippen MR) is 102 cm³/mol. The van der Waals surface area contributed by atoms with Crippen LogP contribution in [0.1, 0.15) is 24.3 Å². The number of fused-ring (bicyclic) bond motifs is 1. The summed E-state index contributed by atoms with van der Waals surface area (Å²) in [5, 5.41) is 30.8. The number of rotatable bonds is 6. The maximum atomic E-state index is 12.4. The summed E-state index contributed by atoms with van der Waals surface area (Å²) >= 11 is 2.72. The number of aromatic carboxylic acids is 1. The van der Waals surface area contributed by atoms with Crippen LogP contribution in [0.3, 0.4) is 0 Å². The molecule has 2 fully saturated rings. The Balaban J connectivity index is 1.47. The number of β-lactam (4-membered cyclic amide) rings is 1. The van der Waals surface area contributed by atoms with Gasteiger partial charge in [0.1, 0.15) is 5.70 Å². The highest BCUT2D eigenvalue weighted by Gasteiger charge is 2.60. The first kappa shape index (κ1) is 19.2. The summed E-state index contributed by atoms with van der Waals surface area (Å²) in [7, 11) is 0. The van der Waals surface area contributed by atoms with Crippen molar-refractivity contribution in [1.82, 2.24) is 9.88 Å². The number of aromatic nitrogens is 1. The molecule has 9 nitrogen and oxygen atoms in total. The van der Waals surface area contributed by atoms with Gasteiger partial charge in [-0.3, -0.25) is 4.79 Å². The Hall–Kier alpha value is -2.11. The van der Waals surface area contributed by atoms with Crippen molar-refractivity contribution in [2.24, 2.45) is 11.8 Å². The number of hydrogen-bond donors (Lipinski definition) is 3. The van der Waals surface area contributed by atoms with Gasteiger partial charge in [0.25, 0.3) is 0 Å². The van der Waals surface area contributed by atoms with E-state index in [4.69, 9.17) is 5.11 Å². The fourth-order valence-corrected chi connectivity index (χ4v) is 6.37. The maximum Gasteiger partial charge on any atom is 0.355 e. The number of carbonyl (C=O) groups is 3. The van der Waals surface area contributed by atoms with Crippen LogP contribution in [0, 0.1) is 11.8 Å². The molecule has 4 heterocycles. The molecule has 11 heteroatoms. The van der Waals surface area contributed by atoms with Gasteiger partial charge >= 0.3 is 11.9 Å². The summed E-state index contributed by atoms with van der Waals surface area (Å²) < 4.78 is 0. The number of aliphatic hydroxyl groups excluding tert-OH is 1. The van der Waals surface area contributed by atoms with Gasteiger partial charge in [-0.15, -0.1) is 23.1 Å². The number of thioether (sulfide) groups is 1. The number of aliphatic hydroxyl groups is 1. The van der Waals surface area contributed by atoms with E-state index in [2.05, 4.69) is 4.98 Å². The predicted octanol–water partition coefficient (Wildman–Crippen LogP) is 0.917. The fraction of sp³-hybridized carbons (Fsp3) is 0.529. The van der Waals surface area contributed by atoms with E-state index < -0.39 is 24.0 Å². The smallest absolute Gasteiger partial charge is 0.355 e. The van der Waals surface area contributed by atoms with E-state index in [1.54, 1.807) is 6.92 Å². The number of anilines is 1. The average Bonchev–Trinajstić information content (AvgIpc) is 3.13. The molecule has 4 atom stereocenters. The summed E-state index contributed by atoms with van der Waals surface area (Å²) in [6.07, 6.45) is -0.817. The summed E-state index contributed by atoms with van der Waals surface area (Å²) in [6, 6.07) is -0.311. The number of aliphatic carboxylic acids is 1. The highest BCUT2D eigenvalue weighted by Crippen LogP contribution is 2.52. The van der Waals surface area contributed by atoms with Gasteiger partial charge in [-0.25, -0.2) is 14.6 Å². The fourth-order valence-electron chi connectivity index (χ4n) is 4.03. The van der Waals surface area contributed by atoms with Crippen LogP contribution in [0.15, 0.2) is 16.0 Å². The Morgan fingerprint density at radius 1 is 1.32 bits per heavy atom. The van der Waals surface area contributed by atoms with Crippen LogP contribution in [0.4, 0.5) is 5.13 Å². The lowest BCUT2D eigenvalue weighted by molar-refractivity contribution is -0.163. The van der Waals surface area contributed by atoms with Gasteiger partial charge < -0.3 is 25.1 Å². The molecule has 0 radical (unpaired) electrons. The molecule has 28 heavy (non-hydrogen) atoms. The van der Waals surface area contributed by atoms with Gasteiger partial charge in [0.05, 0.1) is 18.1 Å². The minimum Gasteiger partial charge on any atom is -0.477 e. The number of carboxylic acid groups (broad SMARTS) is 2. The average molecular weight is 425 g/mol. The van der Waals surface area contributed by atoms with Crippen LogP contribution >= 0.6 is 23.1 Å². The topological polar surface area (TPSA) is 131 Å². The highest BCUT2D eigenvalue weighted by atomic mass is 32.2. The van der Waals surface area contributed by atoms with E-state index >= 15 is 0 Å². The third-order valence-corrected chi connectivity index (χ3v) is 7.79. The minimum absolute atomic E-state index is 0.0171. The van der Waals surface area contributed by atoms with Crippen molar-refractivity contribution in [3.63, 3.8) is 0 Å². The molecule has 2 saturated heterocycles. The summed E-state index contributed by atoms with van der Waals surface area (Å²) in [5.41, 5.74) is 0.0497. The van der Waals surface area contributed by atoms with E-state index in [1.807, 2.05) is 11.8 Å². The van der Waals surface area contributed by atoms with Crippen molar-refractivity contribution in [3.05, 3.63) is 21.7 Å². The van der Waals surface area contributed by atoms with Crippen molar-refractivity contribution in [2.75, 3.05) is 18.0 Å². The molecular weight excluding hydrogens is 406 g/mol. The molecular formula is C17H19N3O6S2. The number of carbonyl (C=O) groups excluding carboxylic acids is 1. The van der Waals surface area contributed by atoms with Gasteiger partial charge in [0, 0.05) is 34.5 Å². The molecule has 0 bridgehead atoms. The van der Waals surface area contributed by atoms with E-state index in [0.717, 1.165) is 0 Å². The third kappa shape index (κ3) is 2.80. The highest BCUT2D eigenvalue weighted by molar-refractivity contribution is 8.03. The number of thiazole rings is 1. The first-order valence-corrected chi connectivity index (χ1v) is 10.6. The van der Waals surface area contributed by atoms with Crippen molar-refractivity contribution in [3.8, 4) is 0 Å². The molecule has 0 aromatic carbocycles. The van der Waals surface area contributed by atoms with Gasteiger partial charge in [0.2, 0.25) is 5.91 Å². The maximum absolute atomic E-state index is 12.4. The lowest BCUT2D eigenvalue weighted by Crippen LogP contribution is -2.63. The number of amides is 1. The zero-order valence-electron chi connectivity index (χ0n) is 15.1. The molecule has 0 aliphatic carbocycles. The zero-order chi connectivity index (χ0) is 20.3. The van der Waals surface area contributed by atoms with Crippen molar-refractivity contribution in [2.45, 2.75) is 31.2 Å². The number of carboxylic acids is 2. The van der Waals surface area contributed by atoms with E-state index in [9.17, 15) is 24.6 Å². The Morgan fingerprint density at radius 3 is 2.54 bits per heavy atom. The van der Waals surface area contributed by atoms with E-state index in [1.165, 1.54) is 33.4 Å². The van der Waals surface area contributed by atoms with Gasteiger partial charge in [0.15, 0.2) is 10.8 Å². The number of nitrogens with zero attached hydrogens (tertiary/aromatic N) is 3. The van der Waals surface area contributed by atoms with Crippen LogP contribution in [0.25, 0.3) is 0 Å². The summed E-state index contributed by atoms with van der Waals surface area (Å²) in [6.45, 7) is 4.70. The Labute approximate surface area is 168 Å². The summed E-state index contributed by atoms with van der Waals surface area (Å²) in [4.78, 5) is 43.1. The van der Waals surface area contributed by atoms with Gasteiger partial charge in [-0.1, -0.05) is 6.92 Å². The van der Waals surface area contributed by atoms with E-state index in [0.29, 0.717) is 23.1 Å². The largest absolute Gasteiger partial charge is 0.477 e.